The quantitative estimate of drug-likeness (QED) is 0.544. The minimum atomic E-state index is -0.101. The van der Waals surface area contributed by atoms with E-state index < -0.39 is 0 Å². The van der Waals surface area contributed by atoms with Gasteiger partial charge in [0.05, 0.1) is 16.8 Å². The Hall–Kier alpha value is -3.13. The summed E-state index contributed by atoms with van der Waals surface area (Å²) in [5, 5.41) is 4.69. The predicted octanol–water partition coefficient (Wildman–Crippen LogP) is 2.82. The van der Waals surface area contributed by atoms with E-state index in [4.69, 9.17) is 4.98 Å². The average molecular weight is 364 g/mol. The molecule has 26 heavy (non-hydrogen) atoms. The molecule has 130 valence electrons. The van der Waals surface area contributed by atoms with E-state index in [9.17, 15) is 4.79 Å². The van der Waals surface area contributed by atoms with Crippen LogP contribution in [0.2, 0.25) is 0 Å². The number of carbonyl (C=O) groups is 1. The third-order valence-electron chi connectivity index (χ3n) is 3.97. The maximum absolute atomic E-state index is 13.0. The minimum absolute atomic E-state index is 0.101. The molecule has 0 spiro atoms. The van der Waals surface area contributed by atoms with Crippen molar-refractivity contribution in [2.24, 2.45) is 0 Å². The lowest BCUT2D eigenvalue weighted by Gasteiger charge is -2.19. The van der Waals surface area contributed by atoms with Crippen molar-refractivity contribution in [1.82, 2.24) is 24.7 Å². The van der Waals surface area contributed by atoms with Crippen molar-refractivity contribution in [3.63, 3.8) is 0 Å². The number of aromatic nitrogens is 5. The van der Waals surface area contributed by atoms with Gasteiger partial charge >= 0.3 is 0 Å². The van der Waals surface area contributed by atoms with Crippen molar-refractivity contribution >= 4 is 32.6 Å². The summed E-state index contributed by atoms with van der Waals surface area (Å²) >= 11 is 1.51. The summed E-state index contributed by atoms with van der Waals surface area (Å²) in [5.74, 6) is -0.101. The largest absolute Gasteiger partial charge is 0.282 e. The molecule has 0 bridgehead atoms. The van der Waals surface area contributed by atoms with Gasteiger partial charge in [-0.15, -0.1) is 0 Å². The normalized spacial score (nSPS) is 11.0. The second-order valence-corrected chi connectivity index (χ2v) is 6.86. The van der Waals surface area contributed by atoms with Gasteiger partial charge in [0.2, 0.25) is 0 Å². The number of para-hydroxylation sites is 1. The van der Waals surface area contributed by atoms with E-state index in [1.807, 2.05) is 37.3 Å². The number of carbonyl (C=O) groups excluding carboxylic acids is 1. The lowest BCUT2D eigenvalue weighted by atomic mass is 10.2. The highest BCUT2D eigenvalue weighted by Gasteiger charge is 2.21. The number of amides is 1. The summed E-state index contributed by atoms with van der Waals surface area (Å²) in [4.78, 5) is 27.4. The molecule has 0 atom stereocenters. The summed E-state index contributed by atoms with van der Waals surface area (Å²) in [6, 6.07) is 9.85. The molecule has 3 aromatic heterocycles. The number of thiazole rings is 1. The Morgan fingerprint density at radius 1 is 1.23 bits per heavy atom. The number of nitrogens with zero attached hydrogens (tertiary/aromatic N) is 6. The topological polar surface area (TPSA) is 76.8 Å². The predicted molar refractivity (Wildman–Crippen MR) is 99.8 cm³/mol. The lowest BCUT2D eigenvalue weighted by Crippen LogP contribution is -2.33. The Morgan fingerprint density at radius 2 is 2.15 bits per heavy atom. The average Bonchev–Trinajstić information content (AvgIpc) is 3.30. The molecule has 7 nitrogen and oxygen atoms in total. The molecule has 1 amide bonds. The van der Waals surface area contributed by atoms with Crippen molar-refractivity contribution in [3.8, 4) is 0 Å². The molecule has 0 aliphatic heterocycles. The first-order valence-electron chi connectivity index (χ1n) is 8.08. The van der Waals surface area contributed by atoms with Gasteiger partial charge < -0.3 is 0 Å². The number of benzene rings is 1. The number of aryl methyl sites for hydroxylation is 1. The van der Waals surface area contributed by atoms with Gasteiger partial charge in [-0.2, -0.15) is 5.10 Å². The Bertz CT molecular complexity index is 1030. The summed E-state index contributed by atoms with van der Waals surface area (Å²) in [7, 11) is 0. The highest BCUT2D eigenvalue weighted by Crippen LogP contribution is 2.31. The van der Waals surface area contributed by atoms with Gasteiger partial charge in [-0.05, 0) is 30.2 Å². The van der Waals surface area contributed by atoms with E-state index in [-0.39, 0.29) is 12.5 Å². The number of fused-ring (bicyclic) bond motifs is 1. The second-order valence-electron chi connectivity index (χ2n) is 5.85. The third-order valence-corrected chi connectivity index (χ3v) is 5.01. The van der Waals surface area contributed by atoms with Crippen LogP contribution in [0.5, 0.6) is 0 Å². The molecule has 0 fully saturated rings. The maximum Gasteiger partial charge on any atom is 0.250 e. The van der Waals surface area contributed by atoms with Crippen LogP contribution in [0.4, 0.5) is 5.13 Å². The Balaban J connectivity index is 1.70. The molecular weight excluding hydrogens is 348 g/mol. The van der Waals surface area contributed by atoms with E-state index >= 15 is 0 Å². The standard InChI is InChI=1S/C18H16N6OS/c1-13-4-2-6-15-17(13)22-18(26-15)24(9-14-5-3-7-19-8-14)16(25)10-23-12-20-11-21-23/h2-8,11-12H,9-10H2,1H3. The van der Waals surface area contributed by atoms with Crippen molar-refractivity contribution in [2.45, 2.75) is 20.0 Å². The molecule has 0 unspecified atom stereocenters. The fourth-order valence-corrected chi connectivity index (χ4v) is 3.73. The fourth-order valence-electron chi connectivity index (χ4n) is 2.66. The SMILES string of the molecule is Cc1cccc2sc(N(Cc3cccnc3)C(=O)Cn3cncn3)nc12. The summed E-state index contributed by atoms with van der Waals surface area (Å²) in [6.45, 7) is 2.53. The highest BCUT2D eigenvalue weighted by molar-refractivity contribution is 7.22. The number of hydrogen-bond acceptors (Lipinski definition) is 6. The van der Waals surface area contributed by atoms with Crippen LogP contribution in [0.15, 0.2) is 55.4 Å². The fraction of sp³-hybridized carbons (Fsp3) is 0.167. The summed E-state index contributed by atoms with van der Waals surface area (Å²) < 4.78 is 2.57. The van der Waals surface area contributed by atoms with Crippen LogP contribution in [0.3, 0.4) is 0 Å². The monoisotopic (exact) mass is 364 g/mol. The zero-order valence-corrected chi connectivity index (χ0v) is 14.9. The molecule has 8 heteroatoms. The van der Waals surface area contributed by atoms with E-state index in [2.05, 4.69) is 15.1 Å². The van der Waals surface area contributed by atoms with Crippen molar-refractivity contribution in [1.29, 1.82) is 0 Å². The van der Waals surface area contributed by atoms with Gasteiger partial charge in [-0.25, -0.2) is 14.6 Å². The first-order valence-corrected chi connectivity index (χ1v) is 8.90. The van der Waals surface area contributed by atoms with Gasteiger partial charge in [0, 0.05) is 12.4 Å². The second kappa shape index (κ2) is 7.01. The molecule has 0 aliphatic rings. The minimum Gasteiger partial charge on any atom is -0.282 e. The van der Waals surface area contributed by atoms with E-state index in [1.165, 1.54) is 28.7 Å². The van der Waals surface area contributed by atoms with Crippen LogP contribution in [0.1, 0.15) is 11.1 Å². The van der Waals surface area contributed by atoms with E-state index in [0.29, 0.717) is 11.7 Å². The van der Waals surface area contributed by atoms with Crippen LogP contribution in [0, 0.1) is 6.92 Å². The van der Waals surface area contributed by atoms with Crippen LogP contribution < -0.4 is 4.90 Å². The molecule has 4 aromatic rings. The van der Waals surface area contributed by atoms with Crippen LogP contribution in [-0.2, 0) is 17.9 Å². The van der Waals surface area contributed by atoms with Crippen LogP contribution in [-0.4, -0.2) is 30.6 Å². The van der Waals surface area contributed by atoms with Gasteiger partial charge in [-0.3, -0.25) is 14.7 Å². The molecule has 0 saturated carbocycles. The molecular formula is C18H16N6OS. The van der Waals surface area contributed by atoms with Crippen LogP contribution >= 0.6 is 11.3 Å². The summed E-state index contributed by atoms with van der Waals surface area (Å²) in [6.07, 6.45) is 6.42. The molecule has 0 radical (unpaired) electrons. The zero-order valence-electron chi connectivity index (χ0n) is 14.1. The van der Waals surface area contributed by atoms with Crippen molar-refractivity contribution in [3.05, 3.63) is 66.5 Å². The Labute approximate surface area is 154 Å². The number of anilines is 1. The van der Waals surface area contributed by atoms with Gasteiger partial charge in [-0.1, -0.05) is 29.5 Å². The molecule has 0 N–H and O–H groups in total. The molecule has 4 rings (SSSR count). The first-order chi connectivity index (χ1) is 12.7. The van der Waals surface area contributed by atoms with E-state index in [1.54, 1.807) is 17.3 Å². The number of pyridine rings is 1. The van der Waals surface area contributed by atoms with Crippen molar-refractivity contribution in [2.75, 3.05) is 4.90 Å². The van der Waals surface area contributed by atoms with E-state index in [0.717, 1.165) is 21.3 Å². The Kier molecular flexibility index (Phi) is 4.40. The highest BCUT2D eigenvalue weighted by atomic mass is 32.1. The third kappa shape index (κ3) is 3.31. The molecule has 1 aromatic carbocycles. The number of hydrogen-bond donors (Lipinski definition) is 0. The van der Waals surface area contributed by atoms with Crippen LogP contribution in [0.25, 0.3) is 10.2 Å². The Morgan fingerprint density at radius 3 is 2.88 bits per heavy atom. The molecule has 0 saturated heterocycles. The summed E-state index contributed by atoms with van der Waals surface area (Å²) in [5.41, 5.74) is 2.96. The van der Waals surface area contributed by atoms with Gasteiger partial charge in [0.1, 0.15) is 19.2 Å². The first kappa shape index (κ1) is 16.3. The molecule has 0 aliphatic carbocycles. The maximum atomic E-state index is 13.0. The zero-order chi connectivity index (χ0) is 17.9. The smallest absolute Gasteiger partial charge is 0.250 e. The number of rotatable bonds is 5. The molecule has 3 heterocycles. The van der Waals surface area contributed by atoms with Gasteiger partial charge in [0.15, 0.2) is 5.13 Å². The van der Waals surface area contributed by atoms with Crippen molar-refractivity contribution < 1.29 is 4.79 Å². The lowest BCUT2D eigenvalue weighted by molar-refractivity contribution is -0.119. The van der Waals surface area contributed by atoms with Gasteiger partial charge in [0.25, 0.3) is 5.91 Å².